The maximum absolute atomic E-state index is 13.8. The Balaban J connectivity index is 1.32. The van der Waals surface area contributed by atoms with Crippen LogP contribution in [0.1, 0.15) is 47.2 Å². The molecule has 1 saturated heterocycles. The minimum absolute atomic E-state index is 0.0533. The van der Waals surface area contributed by atoms with Gasteiger partial charge in [0.2, 0.25) is 11.8 Å². The average Bonchev–Trinajstić information content (AvgIpc) is 3.39. The van der Waals surface area contributed by atoms with Crippen LogP contribution in [0.25, 0.3) is 12.2 Å². The molecular weight excluding hydrogens is 578 g/mol. The molecule has 11 heteroatoms. The summed E-state index contributed by atoms with van der Waals surface area (Å²) in [5.74, 6) is -5.59. The van der Waals surface area contributed by atoms with Crippen molar-refractivity contribution in [3.8, 4) is 0 Å². The van der Waals surface area contributed by atoms with Gasteiger partial charge in [-0.2, -0.15) is 0 Å². The molecule has 3 aromatic carbocycles. The first-order chi connectivity index (χ1) is 21.0. The number of hydrogen-bond donors (Lipinski definition) is 2. The molecule has 1 aliphatic carbocycles. The fourth-order valence-electron chi connectivity index (χ4n) is 5.17. The molecule has 0 unspecified atom stereocenters. The van der Waals surface area contributed by atoms with E-state index in [1.165, 1.54) is 41.3 Å². The Morgan fingerprint density at radius 2 is 1.36 bits per heavy atom. The summed E-state index contributed by atoms with van der Waals surface area (Å²) >= 11 is 0. The molecule has 1 aliphatic heterocycles. The highest BCUT2D eigenvalue weighted by Gasteiger charge is 2.29. The number of nitrogens with zero attached hydrogens (tertiary/aromatic N) is 1. The molecule has 0 aromatic heterocycles. The van der Waals surface area contributed by atoms with E-state index in [2.05, 4.69) is 10.6 Å². The monoisotopic (exact) mass is 605 g/mol. The van der Waals surface area contributed by atoms with Crippen LogP contribution in [0.2, 0.25) is 0 Å². The number of likely N-dealkylation sites (tertiary alicyclic amines) is 1. The lowest BCUT2D eigenvalue weighted by molar-refractivity contribution is -0.131. The molecule has 2 N–H and O–H groups in total. The number of anilines is 1. The van der Waals surface area contributed by atoms with Crippen LogP contribution in [0.4, 0.5) is 23.2 Å². The van der Waals surface area contributed by atoms with Crippen molar-refractivity contribution in [2.75, 3.05) is 18.4 Å². The molecular formula is C33H27F4N3O4. The second kappa shape index (κ2) is 13.1. The average molecular weight is 606 g/mol. The van der Waals surface area contributed by atoms with Crippen LogP contribution >= 0.6 is 0 Å². The first-order valence-corrected chi connectivity index (χ1v) is 13.9. The molecule has 1 saturated carbocycles. The van der Waals surface area contributed by atoms with Crippen LogP contribution < -0.4 is 10.6 Å². The fourth-order valence-corrected chi connectivity index (χ4v) is 5.17. The van der Waals surface area contributed by atoms with Crippen LogP contribution in [0, 0.1) is 23.3 Å². The smallest absolute Gasteiger partial charge is 0.251 e. The van der Waals surface area contributed by atoms with Gasteiger partial charge in [0, 0.05) is 41.4 Å². The van der Waals surface area contributed by atoms with Crippen molar-refractivity contribution in [3.63, 3.8) is 0 Å². The predicted molar refractivity (Wildman–Crippen MR) is 155 cm³/mol. The van der Waals surface area contributed by atoms with Gasteiger partial charge in [0.15, 0.2) is 29.1 Å². The third-order valence-corrected chi connectivity index (χ3v) is 7.36. The van der Waals surface area contributed by atoms with Crippen LogP contribution in [0.15, 0.2) is 71.8 Å². The molecule has 2 fully saturated rings. The normalized spacial score (nSPS) is 18.6. The second-order valence-electron chi connectivity index (χ2n) is 10.6. The Kier molecular flexibility index (Phi) is 9.03. The molecule has 44 heavy (non-hydrogen) atoms. The van der Waals surface area contributed by atoms with Crippen molar-refractivity contribution < 1.29 is 36.7 Å². The molecule has 7 nitrogen and oxygen atoms in total. The standard InChI is InChI=1S/C33H27F4N3O4/c34-26-9-3-19(14-28(26)36)12-22-16-25(17-23(32(22)43)13-20-4-10-27(35)29(37)15-20)39-33(44)21-5-7-24(8-6-21)38-30(41)18-40-11-1-2-31(40)42/h3-10,12-15,25H,1-2,11,16-18H2,(H,38,41)(H,39,44)/b22-12+,23-13+. The van der Waals surface area contributed by atoms with E-state index in [1.54, 1.807) is 12.1 Å². The van der Waals surface area contributed by atoms with E-state index in [0.717, 1.165) is 30.7 Å². The Bertz CT molecular complexity index is 1630. The summed E-state index contributed by atoms with van der Waals surface area (Å²) in [4.78, 5) is 52.0. The van der Waals surface area contributed by atoms with E-state index in [-0.39, 0.29) is 59.0 Å². The van der Waals surface area contributed by atoms with Crippen molar-refractivity contribution in [2.45, 2.75) is 31.7 Å². The SMILES string of the molecule is O=C(CN1CCCC1=O)Nc1ccc(C(=O)NC2C/C(=C\c3ccc(F)c(F)c3)C(=O)/C(=C/c3ccc(F)c(F)c3)C2)cc1. The van der Waals surface area contributed by atoms with E-state index in [9.17, 15) is 36.7 Å². The molecule has 3 aromatic rings. The van der Waals surface area contributed by atoms with Gasteiger partial charge in [-0.1, -0.05) is 12.1 Å². The minimum atomic E-state index is -1.09. The Morgan fingerprint density at radius 3 is 1.86 bits per heavy atom. The van der Waals surface area contributed by atoms with E-state index >= 15 is 0 Å². The number of halogens is 4. The van der Waals surface area contributed by atoms with Crippen molar-refractivity contribution >= 4 is 41.3 Å². The number of nitrogens with one attached hydrogen (secondary N) is 2. The van der Waals surface area contributed by atoms with Gasteiger partial charge in [-0.05, 0) is 91.1 Å². The fraction of sp³-hybridized carbons (Fsp3) is 0.212. The maximum Gasteiger partial charge on any atom is 0.251 e. The lowest BCUT2D eigenvalue weighted by atomic mass is 9.83. The summed E-state index contributed by atoms with van der Waals surface area (Å²) in [7, 11) is 0. The summed E-state index contributed by atoms with van der Waals surface area (Å²) in [5, 5.41) is 5.57. The molecule has 2 aliphatic rings. The van der Waals surface area contributed by atoms with E-state index in [4.69, 9.17) is 0 Å². The number of carbonyl (C=O) groups is 4. The molecule has 0 spiro atoms. The quantitative estimate of drug-likeness (QED) is 0.277. The van der Waals surface area contributed by atoms with Gasteiger partial charge in [-0.3, -0.25) is 19.2 Å². The summed E-state index contributed by atoms with van der Waals surface area (Å²) in [5.41, 5.74) is 1.59. The number of Topliss-reactive ketones (excluding diaryl/α,β-unsaturated/α-hetero) is 1. The first-order valence-electron chi connectivity index (χ1n) is 13.9. The molecule has 0 atom stereocenters. The summed E-state index contributed by atoms with van der Waals surface area (Å²) in [6, 6.07) is 11.9. The summed E-state index contributed by atoms with van der Waals surface area (Å²) < 4.78 is 54.6. The molecule has 5 rings (SSSR count). The van der Waals surface area contributed by atoms with Gasteiger partial charge in [-0.25, -0.2) is 17.6 Å². The van der Waals surface area contributed by atoms with Gasteiger partial charge in [0.1, 0.15) is 0 Å². The minimum Gasteiger partial charge on any atom is -0.349 e. The van der Waals surface area contributed by atoms with Gasteiger partial charge < -0.3 is 15.5 Å². The molecule has 1 heterocycles. The molecule has 3 amide bonds. The van der Waals surface area contributed by atoms with Crippen molar-refractivity contribution in [1.82, 2.24) is 10.2 Å². The Morgan fingerprint density at radius 1 is 0.795 bits per heavy atom. The topological polar surface area (TPSA) is 95.6 Å². The number of ketones is 1. The molecule has 0 bridgehead atoms. The zero-order valence-corrected chi connectivity index (χ0v) is 23.3. The third kappa shape index (κ3) is 7.28. The number of carbonyl (C=O) groups excluding carboxylic acids is 4. The van der Waals surface area contributed by atoms with Crippen LogP contribution in [0.5, 0.6) is 0 Å². The van der Waals surface area contributed by atoms with E-state index in [0.29, 0.717) is 18.7 Å². The van der Waals surface area contributed by atoms with Crippen molar-refractivity contribution in [1.29, 1.82) is 0 Å². The first kappa shape index (κ1) is 30.4. The second-order valence-corrected chi connectivity index (χ2v) is 10.6. The number of benzene rings is 3. The zero-order valence-electron chi connectivity index (χ0n) is 23.3. The van der Waals surface area contributed by atoms with Crippen LogP contribution in [0.3, 0.4) is 0 Å². The highest BCUT2D eigenvalue weighted by Crippen LogP contribution is 2.29. The number of hydrogen-bond acceptors (Lipinski definition) is 4. The third-order valence-electron chi connectivity index (χ3n) is 7.36. The number of amides is 3. The van der Waals surface area contributed by atoms with E-state index in [1.807, 2.05) is 0 Å². The van der Waals surface area contributed by atoms with E-state index < -0.39 is 41.0 Å². The molecule has 0 radical (unpaired) electrons. The molecule has 226 valence electrons. The lowest BCUT2D eigenvalue weighted by Crippen LogP contribution is -2.39. The number of rotatable bonds is 7. The van der Waals surface area contributed by atoms with Gasteiger partial charge in [0.05, 0.1) is 6.54 Å². The van der Waals surface area contributed by atoms with Gasteiger partial charge >= 0.3 is 0 Å². The van der Waals surface area contributed by atoms with Crippen molar-refractivity contribution in [2.24, 2.45) is 0 Å². The Hall–Kier alpha value is -5.06. The van der Waals surface area contributed by atoms with Gasteiger partial charge in [0.25, 0.3) is 5.91 Å². The Labute approximate surface area is 250 Å². The lowest BCUT2D eigenvalue weighted by Gasteiger charge is -2.27. The predicted octanol–water partition coefficient (Wildman–Crippen LogP) is 5.43. The van der Waals surface area contributed by atoms with Crippen LogP contribution in [-0.4, -0.2) is 47.5 Å². The highest BCUT2D eigenvalue weighted by atomic mass is 19.2. The summed E-state index contributed by atoms with van der Waals surface area (Å²) in [6.07, 6.45) is 4.08. The maximum atomic E-state index is 13.8. The van der Waals surface area contributed by atoms with Crippen molar-refractivity contribution in [3.05, 3.63) is 112 Å². The van der Waals surface area contributed by atoms with Gasteiger partial charge in [-0.15, -0.1) is 0 Å². The summed E-state index contributed by atoms with van der Waals surface area (Å²) in [6.45, 7) is 0.482. The zero-order chi connectivity index (χ0) is 31.4. The highest BCUT2D eigenvalue weighted by molar-refractivity contribution is 6.14. The largest absolute Gasteiger partial charge is 0.349 e. The van der Waals surface area contributed by atoms with Crippen LogP contribution in [-0.2, 0) is 14.4 Å².